The number of carbonyl (C=O) groups excluding carboxylic acids is 2. The molecule has 0 aliphatic rings. The van der Waals surface area contributed by atoms with E-state index >= 15 is 0 Å². The Bertz CT molecular complexity index is 588. The molecule has 0 radical (unpaired) electrons. The molecule has 0 spiro atoms. The molecule has 0 aromatic heterocycles. The average Bonchev–Trinajstić information content (AvgIpc) is 2.52. The Labute approximate surface area is 154 Å². The van der Waals surface area contributed by atoms with Gasteiger partial charge in [0.25, 0.3) is 0 Å². The van der Waals surface area contributed by atoms with Crippen molar-refractivity contribution >= 4 is 58.3 Å². The number of hydrogen-bond acceptors (Lipinski definition) is 4. The molecule has 1 aromatic carbocycles. The van der Waals surface area contributed by atoms with E-state index in [1.807, 2.05) is 6.92 Å². The summed E-state index contributed by atoms with van der Waals surface area (Å²) in [6.45, 7) is 2.34. The van der Waals surface area contributed by atoms with Gasteiger partial charge in [-0.05, 0) is 12.5 Å². The Morgan fingerprint density at radius 1 is 1.00 bits per heavy atom. The normalized spacial score (nSPS) is 10.8. The summed E-state index contributed by atoms with van der Waals surface area (Å²) in [5, 5.41) is 0.0706. The summed E-state index contributed by atoms with van der Waals surface area (Å²) >= 11 is 23.5. The van der Waals surface area contributed by atoms with Gasteiger partial charge in [0.2, 0.25) is 0 Å². The third-order valence-electron chi connectivity index (χ3n) is 2.62. The maximum Gasteiger partial charge on any atom is 0.336 e. The summed E-state index contributed by atoms with van der Waals surface area (Å²) in [6, 6.07) is 1.33. The lowest BCUT2D eigenvalue weighted by atomic mass is 10.3. The van der Waals surface area contributed by atoms with Crippen LogP contribution in [-0.4, -0.2) is 18.5 Å². The summed E-state index contributed by atoms with van der Waals surface area (Å²) < 4.78 is 9.87. The van der Waals surface area contributed by atoms with E-state index in [1.54, 1.807) is 0 Å². The number of esters is 2. The first kappa shape index (κ1) is 20.1. The second-order valence-corrected chi connectivity index (χ2v) is 6.00. The molecular weight excluding hydrogens is 386 g/mol. The summed E-state index contributed by atoms with van der Waals surface area (Å²) in [4.78, 5) is 23.1. The number of carbonyl (C=O) groups is 2. The highest BCUT2D eigenvalue weighted by Gasteiger charge is 2.17. The largest absolute Gasteiger partial charge is 0.463 e. The minimum atomic E-state index is -0.863. The Balaban J connectivity index is 2.64. The lowest BCUT2D eigenvalue weighted by Gasteiger charge is -2.09. The third kappa shape index (κ3) is 6.60. The highest BCUT2D eigenvalue weighted by molar-refractivity contribution is 6.48. The zero-order valence-electron chi connectivity index (χ0n) is 12.2. The van der Waals surface area contributed by atoms with Crippen molar-refractivity contribution < 1.29 is 19.1 Å². The first-order valence-corrected chi connectivity index (χ1v) is 8.27. The topological polar surface area (TPSA) is 52.6 Å². The molecule has 0 N–H and O–H groups in total. The number of benzene rings is 1. The number of ether oxygens (including phenoxy) is 2. The van der Waals surface area contributed by atoms with Crippen LogP contribution in [-0.2, 0) is 14.3 Å². The second-order valence-electron chi connectivity index (χ2n) is 4.43. The molecule has 0 atom stereocenters. The quantitative estimate of drug-likeness (QED) is 0.200. The van der Waals surface area contributed by atoms with E-state index < -0.39 is 11.9 Å². The van der Waals surface area contributed by atoms with Gasteiger partial charge in [-0.2, -0.15) is 0 Å². The fourth-order valence-electron chi connectivity index (χ4n) is 1.48. The van der Waals surface area contributed by atoms with Crippen molar-refractivity contribution in [1.29, 1.82) is 0 Å². The van der Waals surface area contributed by atoms with Crippen molar-refractivity contribution in [3.05, 3.63) is 38.3 Å². The van der Waals surface area contributed by atoms with Crippen molar-refractivity contribution in [1.82, 2.24) is 0 Å². The van der Waals surface area contributed by atoms with Crippen molar-refractivity contribution in [2.75, 3.05) is 6.61 Å². The van der Waals surface area contributed by atoms with Gasteiger partial charge in [0.15, 0.2) is 5.75 Å². The molecule has 0 unspecified atom stereocenters. The van der Waals surface area contributed by atoms with Crippen LogP contribution in [0.25, 0.3) is 0 Å². The highest BCUT2D eigenvalue weighted by Crippen LogP contribution is 2.42. The van der Waals surface area contributed by atoms with Crippen LogP contribution in [0.15, 0.2) is 18.2 Å². The van der Waals surface area contributed by atoms with Gasteiger partial charge in [-0.15, -0.1) is 0 Å². The molecule has 23 heavy (non-hydrogen) atoms. The van der Waals surface area contributed by atoms with E-state index in [4.69, 9.17) is 55.9 Å². The fourth-order valence-corrected chi connectivity index (χ4v) is 2.35. The molecule has 1 aromatic rings. The van der Waals surface area contributed by atoms with Crippen LogP contribution >= 0.6 is 46.4 Å². The molecule has 0 amide bonds. The van der Waals surface area contributed by atoms with Crippen molar-refractivity contribution in [3.63, 3.8) is 0 Å². The average molecular weight is 400 g/mol. The van der Waals surface area contributed by atoms with Gasteiger partial charge in [0.1, 0.15) is 10.0 Å². The lowest BCUT2D eigenvalue weighted by molar-refractivity contribution is -0.138. The summed E-state index contributed by atoms with van der Waals surface area (Å²) in [7, 11) is 0. The van der Waals surface area contributed by atoms with Crippen LogP contribution in [0.3, 0.4) is 0 Å². The van der Waals surface area contributed by atoms with Gasteiger partial charge >= 0.3 is 11.9 Å². The van der Waals surface area contributed by atoms with Crippen LogP contribution in [0.1, 0.15) is 26.2 Å². The molecule has 0 saturated carbocycles. The van der Waals surface area contributed by atoms with Gasteiger partial charge in [-0.1, -0.05) is 66.2 Å². The second kappa shape index (κ2) is 10.0. The van der Waals surface area contributed by atoms with E-state index in [1.165, 1.54) is 6.07 Å². The number of hydrogen-bond donors (Lipinski definition) is 0. The van der Waals surface area contributed by atoms with E-state index in [9.17, 15) is 9.59 Å². The number of unbranched alkanes of at least 4 members (excludes halogenated alkanes) is 2. The van der Waals surface area contributed by atoms with Crippen molar-refractivity contribution in [2.24, 2.45) is 0 Å². The summed E-state index contributed by atoms with van der Waals surface area (Å²) in [5.74, 6) is -1.67. The molecule has 0 heterocycles. The van der Waals surface area contributed by atoms with E-state index in [0.29, 0.717) is 6.61 Å². The minimum Gasteiger partial charge on any atom is -0.463 e. The van der Waals surface area contributed by atoms with Gasteiger partial charge in [0, 0.05) is 12.2 Å². The Morgan fingerprint density at radius 2 is 1.57 bits per heavy atom. The highest BCUT2D eigenvalue weighted by atomic mass is 35.5. The predicted molar refractivity (Wildman–Crippen MR) is 91.7 cm³/mol. The number of halogens is 4. The monoisotopic (exact) mass is 398 g/mol. The first-order chi connectivity index (χ1) is 10.9. The van der Waals surface area contributed by atoms with Crippen molar-refractivity contribution in [2.45, 2.75) is 26.2 Å². The zero-order chi connectivity index (χ0) is 17.4. The molecule has 0 aliphatic carbocycles. The van der Waals surface area contributed by atoms with Crippen LogP contribution in [0.4, 0.5) is 0 Å². The van der Waals surface area contributed by atoms with Crippen LogP contribution in [0, 0.1) is 0 Å². The maximum atomic E-state index is 11.7. The summed E-state index contributed by atoms with van der Waals surface area (Å²) in [6.07, 6.45) is 4.62. The van der Waals surface area contributed by atoms with Crippen molar-refractivity contribution in [3.8, 4) is 5.75 Å². The molecule has 4 nitrogen and oxygen atoms in total. The van der Waals surface area contributed by atoms with Gasteiger partial charge in [-0.25, -0.2) is 9.59 Å². The van der Waals surface area contributed by atoms with Crippen LogP contribution in [0.2, 0.25) is 20.1 Å². The van der Waals surface area contributed by atoms with Crippen LogP contribution in [0.5, 0.6) is 5.75 Å². The zero-order valence-corrected chi connectivity index (χ0v) is 15.2. The SMILES string of the molecule is CCCCCOC(=O)/C=C/C(=O)Oc1c(Cl)c(Cl)cc(Cl)c1Cl. The maximum absolute atomic E-state index is 11.7. The van der Waals surface area contributed by atoms with Gasteiger partial charge in [-0.3, -0.25) is 0 Å². The molecule has 0 bridgehead atoms. The standard InChI is InChI=1S/C15H14Cl4O4/c1-2-3-4-7-22-11(20)5-6-12(21)23-15-13(18)9(16)8-10(17)14(15)19/h5-6,8H,2-4,7H2,1H3/b6-5+. The third-order valence-corrected chi connectivity index (χ3v) is 4.16. The molecule has 8 heteroatoms. The fraction of sp³-hybridized carbons (Fsp3) is 0.333. The Hall–Kier alpha value is -0.940. The molecule has 0 aliphatic heterocycles. The lowest BCUT2D eigenvalue weighted by Crippen LogP contribution is -2.08. The smallest absolute Gasteiger partial charge is 0.336 e. The molecule has 0 fully saturated rings. The Morgan fingerprint density at radius 3 is 2.13 bits per heavy atom. The number of rotatable bonds is 7. The molecule has 126 valence electrons. The summed E-state index contributed by atoms with van der Waals surface area (Å²) in [5.41, 5.74) is 0. The van der Waals surface area contributed by atoms with E-state index in [2.05, 4.69) is 0 Å². The first-order valence-electron chi connectivity index (χ1n) is 6.76. The molecular formula is C15H14Cl4O4. The van der Waals surface area contributed by atoms with E-state index in [-0.39, 0.29) is 25.8 Å². The minimum absolute atomic E-state index is 0.0510. The molecule has 1 rings (SSSR count). The predicted octanol–water partition coefficient (Wildman–Crippen LogP) is 5.50. The van der Waals surface area contributed by atoms with Gasteiger partial charge in [0.05, 0.1) is 16.7 Å². The van der Waals surface area contributed by atoms with Crippen LogP contribution < -0.4 is 4.74 Å². The van der Waals surface area contributed by atoms with Gasteiger partial charge < -0.3 is 9.47 Å². The van der Waals surface area contributed by atoms with E-state index in [0.717, 1.165) is 31.4 Å². The Kier molecular flexibility index (Phi) is 8.77. The molecule has 0 saturated heterocycles.